The molecule has 0 aliphatic carbocycles. The monoisotopic (exact) mass is 495 g/mol. The number of aliphatic hydroxyl groups is 1. The largest absolute Gasteiger partial charge is 0.394 e. The van der Waals surface area contributed by atoms with Gasteiger partial charge in [0, 0.05) is 31.8 Å². The Morgan fingerprint density at radius 3 is 2.66 bits per heavy atom. The van der Waals surface area contributed by atoms with E-state index in [2.05, 4.69) is 26.0 Å². The molecular formula is C22H28F3N7O3. The van der Waals surface area contributed by atoms with Gasteiger partial charge in [-0.1, -0.05) is 0 Å². The lowest BCUT2D eigenvalue weighted by atomic mass is 10.1. The fraction of sp³-hybridized carbons (Fsp3) is 0.455. The minimum atomic E-state index is -4.31. The molecule has 0 aromatic carbocycles. The van der Waals surface area contributed by atoms with Crippen LogP contribution in [-0.2, 0) is 0 Å². The van der Waals surface area contributed by atoms with E-state index in [1.807, 2.05) is 13.8 Å². The van der Waals surface area contributed by atoms with Crippen molar-refractivity contribution in [3.63, 3.8) is 0 Å². The molecule has 4 N–H and O–H groups in total. The first-order valence-electron chi connectivity index (χ1n) is 11.1. The maximum atomic E-state index is 12.9. The molecule has 1 atom stereocenters. The first-order chi connectivity index (χ1) is 16.5. The van der Waals surface area contributed by atoms with E-state index in [9.17, 15) is 27.9 Å². The van der Waals surface area contributed by atoms with Gasteiger partial charge in [-0.25, -0.2) is 4.98 Å². The molecule has 0 aliphatic heterocycles. The van der Waals surface area contributed by atoms with E-state index < -0.39 is 31.2 Å². The van der Waals surface area contributed by atoms with Crippen molar-refractivity contribution in [1.29, 1.82) is 0 Å². The average Bonchev–Trinajstić information content (AvgIpc) is 3.22. The molecule has 3 rings (SSSR count). The number of halogens is 3. The molecule has 3 aromatic rings. The second-order valence-corrected chi connectivity index (χ2v) is 8.28. The minimum Gasteiger partial charge on any atom is -0.394 e. The Hall–Kier alpha value is -3.61. The summed E-state index contributed by atoms with van der Waals surface area (Å²) in [6.07, 6.45) is -2.62. The van der Waals surface area contributed by atoms with Gasteiger partial charge in [-0.05, 0) is 38.8 Å². The molecule has 0 saturated heterocycles. The van der Waals surface area contributed by atoms with Crippen molar-refractivity contribution in [1.82, 2.24) is 24.5 Å². The Kier molecular flexibility index (Phi) is 7.99. The molecule has 3 heterocycles. The Labute approximate surface area is 199 Å². The molecule has 0 radical (unpaired) electrons. The molecule has 0 aliphatic rings. The highest BCUT2D eigenvalue weighted by atomic mass is 19.4. The maximum Gasteiger partial charge on any atom is 0.389 e. The van der Waals surface area contributed by atoms with Crippen molar-refractivity contribution >= 4 is 28.9 Å². The number of pyridine rings is 1. The molecular weight excluding hydrogens is 467 g/mol. The number of aliphatic hydroxyl groups excluding tert-OH is 1. The van der Waals surface area contributed by atoms with Gasteiger partial charge in [0.05, 0.1) is 18.8 Å². The zero-order valence-electron chi connectivity index (χ0n) is 19.6. The van der Waals surface area contributed by atoms with Crippen LogP contribution < -0.4 is 21.5 Å². The van der Waals surface area contributed by atoms with Crippen LogP contribution in [0.4, 0.5) is 30.5 Å². The van der Waals surface area contributed by atoms with Gasteiger partial charge in [-0.2, -0.15) is 22.8 Å². The molecule has 13 heteroatoms. The van der Waals surface area contributed by atoms with Crippen LogP contribution >= 0.6 is 0 Å². The van der Waals surface area contributed by atoms with E-state index in [0.717, 1.165) is 0 Å². The summed E-state index contributed by atoms with van der Waals surface area (Å²) in [5.41, 5.74) is 0.262. The molecule has 1 amide bonds. The van der Waals surface area contributed by atoms with Gasteiger partial charge in [-0.15, -0.1) is 0 Å². The molecule has 190 valence electrons. The van der Waals surface area contributed by atoms with Crippen molar-refractivity contribution < 1.29 is 23.1 Å². The Balaban J connectivity index is 1.87. The number of carbonyl (C=O) groups is 1. The second kappa shape index (κ2) is 10.8. The lowest BCUT2D eigenvalue weighted by Gasteiger charge is -2.16. The first-order valence-corrected chi connectivity index (χ1v) is 11.1. The van der Waals surface area contributed by atoms with E-state index >= 15 is 0 Å². The summed E-state index contributed by atoms with van der Waals surface area (Å²) >= 11 is 0. The number of fused-ring (bicyclic) bond motifs is 1. The molecule has 0 fully saturated rings. The lowest BCUT2D eigenvalue weighted by Crippen LogP contribution is -2.37. The highest BCUT2D eigenvalue weighted by Gasteiger charge is 2.27. The third kappa shape index (κ3) is 6.29. The molecule has 0 saturated carbocycles. The van der Waals surface area contributed by atoms with Crippen LogP contribution in [0.1, 0.15) is 49.5 Å². The van der Waals surface area contributed by atoms with Crippen molar-refractivity contribution in [3.8, 4) is 0 Å². The number of aromatic nitrogens is 4. The van der Waals surface area contributed by atoms with Crippen LogP contribution in [0, 0.1) is 0 Å². The molecule has 1 unspecified atom stereocenters. The summed E-state index contributed by atoms with van der Waals surface area (Å²) < 4.78 is 40.2. The Morgan fingerprint density at radius 1 is 1.29 bits per heavy atom. The summed E-state index contributed by atoms with van der Waals surface area (Å²) in [6.45, 7) is 3.25. The number of nitrogens with one attached hydrogen (secondary N) is 3. The van der Waals surface area contributed by atoms with Crippen LogP contribution in [-0.4, -0.2) is 56.1 Å². The summed E-state index contributed by atoms with van der Waals surface area (Å²) in [5, 5.41) is 22.1. The number of nitrogens with zero attached hydrogens (tertiary/aromatic N) is 4. The maximum absolute atomic E-state index is 12.9. The number of rotatable bonds is 10. The van der Waals surface area contributed by atoms with Crippen molar-refractivity contribution in [2.24, 2.45) is 0 Å². The zero-order valence-corrected chi connectivity index (χ0v) is 19.6. The highest BCUT2D eigenvalue weighted by molar-refractivity contribution is 6.00. The fourth-order valence-electron chi connectivity index (χ4n) is 3.54. The van der Waals surface area contributed by atoms with E-state index in [1.165, 1.54) is 10.7 Å². The Morgan fingerprint density at radius 2 is 2.03 bits per heavy atom. The summed E-state index contributed by atoms with van der Waals surface area (Å²) in [6, 6.07) is 4.05. The number of amides is 1. The fourth-order valence-corrected chi connectivity index (χ4v) is 3.54. The number of hydrogen-bond donors (Lipinski definition) is 4. The van der Waals surface area contributed by atoms with Crippen LogP contribution in [0.3, 0.4) is 0 Å². The van der Waals surface area contributed by atoms with Gasteiger partial charge in [0.25, 0.3) is 11.5 Å². The van der Waals surface area contributed by atoms with Crippen LogP contribution in [0.15, 0.2) is 35.4 Å². The standard InChI is InChI=1S/C22H28F3N7O3/c1-13(2)31-9-5-7-16(21(31)35)29-17-10-18(26-3)32-19(30-17)15(11-27-32)20(34)28-14(12-33)6-4-8-22(23,24)25/h5,7,9-11,13-14,26,33H,4,6,8,12H2,1-3H3,(H,28,34)(H,29,30). The second-order valence-electron chi connectivity index (χ2n) is 8.28. The third-order valence-electron chi connectivity index (χ3n) is 5.33. The smallest absolute Gasteiger partial charge is 0.389 e. The predicted molar refractivity (Wildman–Crippen MR) is 125 cm³/mol. The molecule has 0 spiro atoms. The van der Waals surface area contributed by atoms with Gasteiger partial charge in [0.1, 0.15) is 22.9 Å². The van der Waals surface area contributed by atoms with Gasteiger partial charge in [0.15, 0.2) is 5.65 Å². The Bertz CT molecular complexity index is 1240. The van der Waals surface area contributed by atoms with Gasteiger partial charge < -0.3 is 25.6 Å². The summed E-state index contributed by atoms with van der Waals surface area (Å²) in [5.74, 6) is 0.110. The number of hydrogen-bond acceptors (Lipinski definition) is 7. The molecule has 0 bridgehead atoms. The normalized spacial score (nSPS) is 12.7. The van der Waals surface area contributed by atoms with Crippen molar-refractivity contribution in [3.05, 3.63) is 46.5 Å². The number of carbonyl (C=O) groups excluding carboxylic acids is 1. The summed E-state index contributed by atoms with van der Waals surface area (Å²) in [4.78, 5) is 30.0. The van der Waals surface area contributed by atoms with Crippen LogP contribution in [0.5, 0.6) is 0 Å². The van der Waals surface area contributed by atoms with Gasteiger partial charge in [-0.3, -0.25) is 9.59 Å². The number of alkyl halides is 3. The molecule has 3 aromatic heterocycles. The van der Waals surface area contributed by atoms with E-state index in [-0.39, 0.29) is 47.2 Å². The molecule has 10 nitrogen and oxygen atoms in total. The zero-order chi connectivity index (χ0) is 25.8. The highest BCUT2D eigenvalue weighted by Crippen LogP contribution is 2.23. The van der Waals surface area contributed by atoms with E-state index in [1.54, 1.807) is 36.0 Å². The average molecular weight is 496 g/mol. The number of anilines is 3. The van der Waals surface area contributed by atoms with Crippen LogP contribution in [0.2, 0.25) is 0 Å². The predicted octanol–water partition coefficient (Wildman–Crippen LogP) is 3.08. The lowest BCUT2D eigenvalue weighted by molar-refractivity contribution is -0.135. The third-order valence-corrected chi connectivity index (χ3v) is 5.33. The van der Waals surface area contributed by atoms with Crippen molar-refractivity contribution in [2.75, 3.05) is 24.3 Å². The van der Waals surface area contributed by atoms with Gasteiger partial charge >= 0.3 is 6.18 Å². The first kappa shape index (κ1) is 26.0. The van der Waals surface area contributed by atoms with E-state index in [0.29, 0.717) is 5.82 Å². The SMILES string of the molecule is CNc1cc(Nc2cccn(C(C)C)c2=O)nc2c(C(=O)NC(CO)CCCC(F)(F)F)cnn12. The topological polar surface area (TPSA) is 126 Å². The minimum absolute atomic E-state index is 0.0426. The van der Waals surface area contributed by atoms with Gasteiger partial charge in [0.2, 0.25) is 0 Å². The van der Waals surface area contributed by atoms with E-state index in [4.69, 9.17) is 0 Å². The van der Waals surface area contributed by atoms with Crippen molar-refractivity contribution in [2.45, 2.75) is 51.4 Å². The van der Waals surface area contributed by atoms with Crippen LogP contribution in [0.25, 0.3) is 5.65 Å². The summed E-state index contributed by atoms with van der Waals surface area (Å²) in [7, 11) is 1.65. The quantitative estimate of drug-likeness (QED) is 0.341. The molecule has 35 heavy (non-hydrogen) atoms.